The molecule has 144 valence electrons. The van der Waals surface area contributed by atoms with Gasteiger partial charge in [-0.15, -0.1) is 0 Å². The van der Waals surface area contributed by atoms with Crippen LogP contribution >= 0.6 is 0 Å². The fourth-order valence-electron chi connectivity index (χ4n) is 2.59. The van der Waals surface area contributed by atoms with Gasteiger partial charge in [-0.2, -0.15) is 14.8 Å². The van der Waals surface area contributed by atoms with Gasteiger partial charge >= 0.3 is 5.82 Å². The summed E-state index contributed by atoms with van der Waals surface area (Å²) in [4.78, 5) is 22.6. The first-order chi connectivity index (χ1) is 12.0. The Kier molecular flexibility index (Phi) is 5.30. The average molecular weight is 381 g/mol. The van der Waals surface area contributed by atoms with Crippen molar-refractivity contribution < 1.29 is 32.4 Å². The van der Waals surface area contributed by atoms with Gasteiger partial charge in [-0.25, -0.2) is 17.6 Å². The zero-order valence-electron chi connectivity index (χ0n) is 13.6. The number of aryl methyl sites for hydroxylation is 1. The quantitative estimate of drug-likeness (QED) is 0.459. The van der Waals surface area contributed by atoms with E-state index in [9.17, 15) is 37.6 Å². The first-order valence-corrected chi connectivity index (χ1v) is 7.43. The maximum atomic E-state index is 13.3. The summed E-state index contributed by atoms with van der Waals surface area (Å²) in [5, 5.41) is 27.6. The molecule has 1 aromatic heterocycles. The van der Waals surface area contributed by atoms with E-state index >= 15 is 0 Å². The molecule has 2 heterocycles. The molecule has 0 bridgehead atoms. The van der Waals surface area contributed by atoms with E-state index in [1.807, 2.05) is 0 Å². The van der Waals surface area contributed by atoms with Gasteiger partial charge in [0.2, 0.25) is 5.72 Å². The predicted octanol–water partition coefficient (Wildman–Crippen LogP) is 1.86. The van der Waals surface area contributed by atoms with Crippen LogP contribution in [0.5, 0.6) is 0 Å². The Bertz CT molecular complexity index is 753. The standard InChI is InChI=1S/C13H15F4N5O4/c1-3-8(20-6(2)4-9(19-20)22(25)26)11(23)21-13(24,12(16)17)5-7(18-21)10(14)15/h4,8,10,12,24H,3,5H2,1-2H3/t8-,13+/m1/s1. The Balaban J connectivity index is 2.44. The summed E-state index contributed by atoms with van der Waals surface area (Å²) in [6, 6.07) is -0.290. The summed E-state index contributed by atoms with van der Waals surface area (Å²) in [6.07, 6.45) is -8.06. The summed E-state index contributed by atoms with van der Waals surface area (Å²) in [5.41, 5.74) is -4.10. The summed E-state index contributed by atoms with van der Waals surface area (Å²) in [6.45, 7) is 2.86. The number of nitro groups is 1. The molecule has 0 spiro atoms. The molecular weight excluding hydrogens is 366 g/mol. The third-order valence-electron chi connectivity index (χ3n) is 3.91. The highest BCUT2D eigenvalue weighted by Crippen LogP contribution is 2.35. The maximum absolute atomic E-state index is 13.3. The Hall–Kier alpha value is -2.57. The zero-order valence-corrected chi connectivity index (χ0v) is 13.6. The third kappa shape index (κ3) is 3.25. The number of alkyl halides is 4. The topological polar surface area (TPSA) is 114 Å². The summed E-state index contributed by atoms with van der Waals surface area (Å²) in [5.74, 6) is -1.80. The number of aromatic nitrogens is 2. The van der Waals surface area contributed by atoms with Crippen LogP contribution in [0.15, 0.2) is 11.2 Å². The van der Waals surface area contributed by atoms with Gasteiger partial charge in [0.05, 0.1) is 16.9 Å². The smallest absolute Gasteiger partial charge is 0.364 e. The van der Waals surface area contributed by atoms with E-state index in [1.54, 1.807) is 0 Å². The van der Waals surface area contributed by atoms with Gasteiger partial charge in [0.25, 0.3) is 18.8 Å². The van der Waals surface area contributed by atoms with Crippen LogP contribution in [0, 0.1) is 17.0 Å². The molecule has 0 aliphatic carbocycles. The van der Waals surface area contributed by atoms with E-state index in [2.05, 4.69) is 10.2 Å². The average Bonchev–Trinajstić information content (AvgIpc) is 3.10. The molecule has 0 unspecified atom stereocenters. The highest BCUT2D eigenvalue weighted by molar-refractivity contribution is 5.93. The van der Waals surface area contributed by atoms with Gasteiger partial charge < -0.3 is 15.2 Å². The Morgan fingerprint density at radius 1 is 1.46 bits per heavy atom. The minimum Gasteiger partial charge on any atom is -0.364 e. The number of nitrogens with zero attached hydrogens (tertiary/aromatic N) is 5. The molecule has 0 radical (unpaired) electrons. The van der Waals surface area contributed by atoms with Crippen LogP contribution < -0.4 is 0 Å². The van der Waals surface area contributed by atoms with Crippen molar-refractivity contribution in [1.29, 1.82) is 0 Å². The van der Waals surface area contributed by atoms with E-state index < -0.39 is 53.4 Å². The van der Waals surface area contributed by atoms with Crippen LogP contribution in [0.3, 0.4) is 0 Å². The number of halogens is 4. The lowest BCUT2D eigenvalue weighted by Crippen LogP contribution is -2.53. The number of rotatable bonds is 6. The van der Waals surface area contributed by atoms with Crippen molar-refractivity contribution in [3.63, 3.8) is 0 Å². The van der Waals surface area contributed by atoms with Gasteiger partial charge in [0.1, 0.15) is 5.71 Å². The monoisotopic (exact) mass is 381 g/mol. The van der Waals surface area contributed by atoms with E-state index in [1.165, 1.54) is 13.8 Å². The maximum Gasteiger partial charge on any atom is 0.390 e. The summed E-state index contributed by atoms with van der Waals surface area (Å²) < 4.78 is 53.1. The van der Waals surface area contributed by atoms with E-state index in [-0.39, 0.29) is 17.1 Å². The van der Waals surface area contributed by atoms with Gasteiger partial charge in [-0.3, -0.25) is 4.79 Å². The number of carbonyl (C=O) groups excluding carboxylic acids is 1. The van der Waals surface area contributed by atoms with Crippen molar-refractivity contribution in [2.45, 2.75) is 51.3 Å². The number of amides is 1. The molecule has 1 aromatic rings. The van der Waals surface area contributed by atoms with Crippen molar-refractivity contribution in [3.05, 3.63) is 21.9 Å². The molecule has 1 aliphatic rings. The minimum absolute atomic E-state index is 0.0616. The Morgan fingerprint density at radius 2 is 2.08 bits per heavy atom. The molecule has 2 atom stereocenters. The third-order valence-corrected chi connectivity index (χ3v) is 3.91. The Labute approximate surface area is 144 Å². The van der Waals surface area contributed by atoms with E-state index in [0.29, 0.717) is 0 Å². The summed E-state index contributed by atoms with van der Waals surface area (Å²) >= 11 is 0. The Morgan fingerprint density at radius 3 is 2.50 bits per heavy atom. The molecule has 0 fully saturated rings. The van der Waals surface area contributed by atoms with E-state index in [4.69, 9.17) is 0 Å². The first kappa shape index (κ1) is 19.8. The number of hydrogen-bond acceptors (Lipinski definition) is 6. The van der Waals surface area contributed by atoms with Crippen LogP contribution in [-0.4, -0.2) is 55.0 Å². The molecule has 1 amide bonds. The highest BCUT2D eigenvalue weighted by Gasteiger charge is 2.54. The molecule has 1 N–H and O–H groups in total. The van der Waals surface area contributed by atoms with E-state index in [0.717, 1.165) is 10.7 Å². The lowest BCUT2D eigenvalue weighted by atomic mass is 10.1. The van der Waals surface area contributed by atoms with Crippen molar-refractivity contribution in [3.8, 4) is 0 Å². The second-order valence-electron chi connectivity index (χ2n) is 5.67. The van der Waals surface area contributed by atoms with Crippen molar-refractivity contribution >= 4 is 17.4 Å². The normalized spacial score (nSPS) is 21.4. The lowest BCUT2D eigenvalue weighted by Gasteiger charge is -2.31. The van der Waals surface area contributed by atoms with Crippen LogP contribution in [0.25, 0.3) is 0 Å². The molecule has 0 saturated carbocycles. The molecule has 2 rings (SSSR count). The van der Waals surface area contributed by atoms with Crippen LogP contribution in [-0.2, 0) is 4.79 Å². The zero-order chi connectivity index (χ0) is 19.8. The number of carbonyl (C=O) groups is 1. The predicted molar refractivity (Wildman–Crippen MR) is 78.8 cm³/mol. The van der Waals surface area contributed by atoms with Gasteiger partial charge in [0.15, 0.2) is 6.04 Å². The molecule has 26 heavy (non-hydrogen) atoms. The van der Waals surface area contributed by atoms with Crippen molar-refractivity contribution in [1.82, 2.24) is 14.8 Å². The molecular formula is C13H15F4N5O4. The second kappa shape index (κ2) is 6.97. The van der Waals surface area contributed by atoms with Crippen LogP contribution in [0.2, 0.25) is 0 Å². The number of aliphatic hydroxyl groups is 1. The molecule has 13 heteroatoms. The molecule has 0 saturated heterocycles. The second-order valence-corrected chi connectivity index (χ2v) is 5.67. The first-order valence-electron chi connectivity index (χ1n) is 7.43. The number of hydrazone groups is 1. The van der Waals surface area contributed by atoms with Crippen molar-refractivity contribution in [2.75, 3.05) is 0 Å². The van der Waals surface area contributed by atoms with Gasteiger partial charge in [-0.1, -0.05) is 6.92 Å². The summed E-state index contributed by atoms with van der Waals surface area (Å²) in [7, 11) is 0. The SMILES string of the molecule is CC[C@H](C(=O)N1N=C(C(F)F)C[C@]1(O)C(F)F)n1nc([N+](=O)[O-])cc1C. The molecule has 0 aromatic carbocycles. The lowest BCUT2D eigenvalue weighted by molar-refractivity contribution is -0.389. The minimum atomic E-state index is -3.56. The molecule has 9 nitrogen and oxygen atoms in total. The fraction of sp³-hybridized carbons (Fsp3) is 0.615. The van der Waals surface area contributed by atoms with Crippen LogP contribution in [0.4, 0.5) is 23.4 Å². The van der Waals surface area contributed by atoms with Gasteiger partial charge in [-0.05, 0) is 18.3 Å². The van der Waals surface area contributed by atoms with Crippen molar-refractivity contribution in [2.24, 2.45) is 5.10 Å². The van der Waals surface area contributed by atoms with Gasteiger partial charge in [0, 0.05) is 6.42 Å². The fourth-order valence-corrected chi connectivity index (χ4v) is 2.59. The highest BCUT2D eigenvalue weighted by atomic mass is 19.3. The van der Waals surface area contributed by atoms with Crippen LogP contribution in [0.1, 0.15) is 31.5 Å². The molecule has 1 aliphatic heterocycles. The number of hydrogen-bond donors (Lipinski definition) is 1. The largest absolute Gasteiger partial charge is 0.390 e.